The van der Waals surface area contributed by atoms with Gasteiger partial charge in [-0.25, -0.2) is 9.98 Å². The van der Waals surface area contributed by atoms with E-state index in [4.69, 9.17) is 9.47 Å². The van der Waals surface area contributed by atoms with Crippen molar-refractivity contribution in [2.24, 2.45) is 10.9 Å². The lowest BCUT2D eigenvalue weighted by Gasteiger charge is -2.21. The van der Waals surface area contributed by atoms with Gasteiger partial charge < -0.3 is 25.0 Å². The smallest absolute Gasteiger partial charge is 0.191 e. The quantitative estimate of drug-likeness (QED) is 0.366. The molecule has 1 aliphatic heterocycles. The van der Waals surface area contributed by atoms with Gasteiger partial charge in [-0.05, 0) is 32.1 Å². The summed E-state index contributed by atoms with van der Waals surface area (Å²) in [6.07, 6.45) is 3.22. The van der Waals surface area contributed by atoms with Crippen LogP contribution < -0.4 is 15.5 Å². The fourth-order valence-corrected chi connectivity index (χ4v) is 3.37. The van der Waals surface area contributed by atoms with Crippen molar-refractivity contribution in [2.75, 3.05) is 58.5 Å². The topological polar surface area (TPSA) is 71.0 Å². The predicted molar refractivity (Wildman–Crippen MR) is 108 cm³/mol. The van der Waals surface area contributed by atoms with Crippen molar-refractivity contribution in [1.82, 2.24) is 15.6 Å². The standard InChI is InChI=1S/C18H33N5O2S/c1-4-19-17(21-12-16-14-26-18(22-16)23(2)3)20-8-5-9-25-13-15-6-10-24-11-7-15/h14-15H,4-13H2,1-3H3,(H2,19,20,21). The molecule has 0 aromatic carbocycles. The molecule has 1 aromatic heterocycles. The first kappa shape index (κ1) is 20.9. The first-order chi connectivity index (χ1) is 12.7. The number of anilines is 1. The zero-order valence-corrected chi connectivity index (χ0v) is 17.1. The van der Waals surface area contributed by atoms with E-state index in [9.17, 15) is 0 Å². The summed E-state index contributed by atoms with van der Waals surface area (Å²) in [5, 5.41) is 9.71. The van der Waals surface area contributed by atoms with Crippen LogP contribution in [0.1, 0.15) is 31.9 Å². The fraction of sp³-hybridized carbons (Fsp3) is 0.778. The number of nitrogens with one attached hydrogen (secondary N) is 2. The molecular weight excluding hydrogens is 350 g/mol. The van der Waals surface area contributed by atoms with Crippen molar-refractivity contribution in [3.63, 3.8) is 0 Å². The zero-order valence-electron chi connectivity index (χ0n) is 16.3. The van der Waals surface area contributed by atoms with Gasteiger partial charge in [0.1, 0.15) is 0 Å². The highest BCUT2D eigenvalue weighted by atomic mass is 32.1. The first-order valence-electron chi connectivity index (χ1n) is 9.48. The minimum absolute atomic E-state index is 0.583. The van der Waals surface area contributed by atoms with Crippen molar-refractivity contribution in [3.8, 4) is 0 Å². The molecule has 0 amide bonds. The largest absolute Gasteiger partial charge is 0.381 e. The molecule has 1 aromatic rings. The summed E-state index contributed by atoms with van der Waals surface area (Å²) in [5.74, 6) is 1.50. The van der Waals surface area contributed by atoms with Crippen LogP contribution in [0.15, 0.2) is 10.4 Å². The number of aromatic nitrogens is 1. The Morgan fingerprint density at radius 3 is 2.88 bits per heavy atom. The van der Waals surface area contributed by atoms with Gasteiger partial charge in [0.05, 0.1) is 12.2 Å². The Hall–Kier alpha value is -1.38. The minimum atomic E-state index is 0.583. The van der Waals surface area contributed by atoms with Gasteiger partial charge in [0.2, 0.25) is 0 Å². The Morgan fingerprint density at radius 1 is 1.38 bits per heavy atom. The van der Waals surface area contributed by atoms with Gasteiger partial charge >= 0.3 is 0 Å². The van der Waals surface area contributed by atoms with Gasteiger partial charge in [0.25, 0.3) is 0 Å². The van der Waals surface area contributed by atoms with Crippen molar-refractivity contribution in [1.29, 1.82) is 0 Å². The van der Waals surface area contributed by atoms with Gasteiger partial charge in [-0.3, -0.25) is 0 Å². The number of rotatable bonds is 10. The number of hydrogen-bond acceptors (Lipinski definition) is 6. The molecule has 8 heteroatoms. The molecule has 148 valence electrons. The second-order valence-corrected chi connectivity index (χ2v) is 7.46. The number of hydrogen-bond donors (Lipinski definition) is 2. The lowest BCUT2D eigenvalue weighted by Crippen LogP contribution is -2.38. The van der Waals surface area contributed by atoms with Crippen molar-refractivity contribution in [3.05, 3.63) is 11.1 Å². The monoisotopic (exact) mass is 383 g/mol. The third-order valence-electron chi connectivity index (χ3n) is 4.12. The molecule has 0 unspecified atom stereocenters. The Bertz CT molecular complexity index is 529. The minimum Gasteiger partial charge on any atom is -0.381 e. The highest BCUT2D eigenvalue weighted by Gasteiger charge is 2.13. The Balaban J connectivity index is 1.63. The molecule has 0 radical (unpaired) electrons. The van der Waals surface area contributed by atoms with Crippen LogP contribution in [-0.2, 0) is 16.0 Å². The second kappa shape index (κ2) is 12.1. The van der Waals surface area contributed by atoms with Crippen LogP contribution in [0, 0.1) is 5.92 Å². The highest BCUT2D eigenvalue weighted by Crippen LogP contribution is 2.18. The third kappa shape index (κ3) is 7.88. The van der Waals surface area contributed by atoms with E-state index >= 15 is 0 Å². The number of thiazole rings is 1. The van der Waals surface area contributed by atoms with E-state index in [0.29, 0.717) is 12.5 Å². The maximum absolute atomic E-state index is 5.80. The van der Waals surface area contributed by atoms with E-state index in [1.54, 1.807) is 11.3 Å². The average Bonchev–Trinajstić information content (AvgIpc) is 3.12. The van der Waals surface area contributed by atoms with Crippen LogP contribution in [0.2, 0.25) is 0 Å². The molecule has 2 heterocycles. The predicted octanol–water partition coefficient (Wildman–Crippen LogP) is 2.10. The lowest BCUT2D eigenvalue weighted by atomic mass is 10.0. The summed E-state index contributed by atoms with van der Waals surface area (Å²) in [7, 11) is 4.00. The normalized spacial score (nSPS) is 15.9. The molecular formula is C18H33N5O2S. The van der Waals surface area contributed by atoms with Gasteiger partial charge in [-0.15, -0.1) is 11.3 Å². The molecule has 0 bridgehead atoms. The Labute approximate surface area is 161 Å². The van der Waals surface area contributed by atoms with Gasteiger partial charge in [-0.2, -0.15) is 0 Å². The summed E-state index contributed by atoms with van der Waals surface area (Å²) in [5.41, 5.74) is 0.996. The zero-order chi connectivity index (χ0) is 18.6. The number of nitrogens with zero attached hydrogens (tertiary/aromatic N) is 3. The molecule has 0 saturated carbocycles. The van der Waals surface area contributed by atoms with Crippen molar-refractivity contribution >= 4 is 22.4 Å². The molecule has 0 spiro atoms. The van der Waals surface area contributed by atoms with Crippen molar-refractivity contribution in [2.45, 2.75) is 32.7 Å². The molecule has 7 nitrogen and oxygen atoms in total. The highest BCUT2D eigenvalue weighted by molar-refractivity contribution is 7.13. The van der Waals surface area contributed by atoms with E-state index < -0.39 is 0 Å². The molecule has 0 aliphatic carbocycles. The van der Waals surface area contributed by atoms with Crippen molar-refractivity contribution < 1.29 is 9.47 Å². The second-order valence-electron chi connectivity index (χ2n) is 6.62. The molecule has 2 rings (SSSR count). The van der Waals surface area contributed by atoms with E-state index in [1.807, 2.05) is 19.0 Å². The van der Waals surface area contributed by atoms with E-state index in [1.165, 1.54) is 0 Å². The molecule has 1 saturated heterocycles. The number of aliphatic imine (C=N–C) groups is 1. The molecule has 0 atom stereocenters. The molecule has 1 aliphatic rings. The Kier molecular flexibility index (Phi) is 9.73. The number of ether oxygens (including phenoxy) is 2. The number of guanidine groups is 1. The summed E-state index contributed by atoms with van der Waals surface area (Å²) >= 11 is 1.64. The third-order valence-corrected chi connectivity index (χ3v) is 5.18. The Morgan fingerprint density at radius 2 is 2.19 bits per heavy atom. The van der Waals surface area contributed by atoms with Crippen LogP contribution in [0.3, 0.4) is 0 Å². The van der Waals surface area contributed by atoms with Crippen LogP contribution >= 0.6 is 11.3 Å². The van der Waals surface area contributed by atoms with Crippen LogP contribution in [0.4, 0.5) is 5.13 Å². The summed E-state index contributed by atoms with van der Waals surface area (Å²) < 4.78 is 11.2. The lowest BCUT2D eigenvalue weighted by molar-refractivity contribution is 0.0203. The fourth-order valence-electron chi connectivity index (χ4n) is 2.62. The van der Waals surface area contributed by atoms with Crippen LogP contribution in [0.25, 0.3) is 0 Å². The molecule has 2 N–H and O–H groups in total. The van der Waals surface area contributed by atoms with E-state index in [2.05, 4.69) is 32.9 Å². The van der Waals surface area contributed by atoms with E-state index in [0.717, 1.165) is 75.6 Å². The summed E-state index contributed by atoms with van der Waals surface area (Å²) in [4.78, 5) is 11.2. The first-order valence-corrected chi connectivity index (χ1v) is 10.4. The van der Waals surface area contributed by atoms with Crippen LogP contribution in [-0.4, -0.2) is 64.6 Å². The summed E-state index contributed by atoms with van der Waals surface area (Å²) in [6.45, 7) is 7.74. The maximum Gasteiger partial charge on any atom is 0.191 e. The van der Waals surface area contributed by atoms with Gasteiger partial charge in [0, 0.05) is 59.0 Å². The average molecular weight is 384 g/mol. The van der Waals surface area contributed by atoms with Gasteiger partial charge in [-0.1, -0.05) is 0 Å². The van der Waals surface area contributed by atoms with Crippen LogP contribution in [0.5, 0.6) is 0 Å². The maximum atomic E-state index is 5.80. The molecule has 26 heavy (non-hydrogen) atoms. The SMILES string of the molecule is CCNC(=NCc1csc(N(C)C)n1)NCCCOCC1CCOCC1. The van der Waals surface area contributed by atoms with Gasteiger partial charge in [0.15, 0.2) is 11.1 Å². The van der Waals surface area contributed by atoms with E-state index in [-0.39, 0.29) is 0 Å². The molecule has 1 fully saturated rings. The summed E-state index contributed by atoms with van der Waals surface area (Å²) in [6, 6.07) is 0.